The Labute approximate surface area is 426 Å². The lowest BCUT2D eigenvalue weighted by molar-refractivity contribution is -0.132. The second-order valence-corrected chi connectivity index (χ2v) is 46.2. The standard InChI is InChI=1S/C57H112O7Si4/c1-29-30-32-43(4)51(58)47(8)49(62-66(23,24)55(12,13)14)38-35-41(2)39-46(7)52(64-68(27,28)57(18,19)20)44(5)36-37-48(61-65(21,22)54(9,10)11)40-50(63-67(25,26)56(15,16)17)42(3)33-31-34-45(6)53(59)60/h29-34,36-37,41-44,46-52,58H,1,35,38-40H2,2-28H3,(H,59,60)/t41-,42-,43-,44-,46+,47-,48+,49+,50-,51-,52-/m0/s1. The topological polar surface area (TPSA) is 94.5 Å². The van der Waals surface area contributed by atoms with E-state index in [2.05, 4.69) is 202 Å². The molecular weight excluding hydrogens is 909 g/mol. The van der Waals surface area contributed by atoms with Crippen molar-refractivity contribution >= 4 is 39.2 Å². The second kappa shape index (κ2) is 26.7. The molecule has 68 heavy (non-hydrogen) atoms. The van der Waals surface area contributed by atoms with Gasteiger partial charge in [-0.2, -0.15) is 0 Å². The van der Waals surface area contributed by atoms with Crippen LogP contribution in [0.15, 0.2) is 60.8 Å². The zero-order chi connectivity index (χ0) is 53.8. The molecule has 0 aromatic heterocycles. The van der Waals surface area contributed by atoms with Gasteiger partial charge in [-0.1, -0.05) is 180 Å². The van der Waals surface area contributed by atoms with Gasteiger partial charge in [-0.25, -0.2) is 4.79 Å². The van der Waals surface area contributed by atoms with E-state index in [1.54, 1.807) is 19.1 Å². The molecule has 0 aromatic carbocycles. The number of carbonyl (C=O) groups is 1. The Kier molecular flexibility index (Phi) is 26.2. The van der Waals surface area contributed by atoms with Crippen LogP contribution in [0.5, 0.6) is 0 Å². The van der Waals surface area contributed by atoms with E-state index in [1.807, 2.05) is 18.2 Å². The average molecular weight is 1020 g/mol. The second-order valence-electron chi connectivity index (χ2n) is 27.2. The smallest absolute Gasteiger partial charge is 0.331 e. The van der Waals surface area contributed by atoms with E-state index in [0.717, 1.165) is 19.3 Å². The van der Waals surface area contributed by atoms with Gasteiger partial charge in [0.2, 0.25) is 0 Å². The quantitative estimate of drug-likeness (QED) is 0.0349. The number of allylic oxidation sites excluding steroid dienone is 4. The number of carboxylic acids is 1. The molecule has 2 N–H and O–H groups in total. The van der Waals surface area contributed by atoms with E-state index < -0.39 is 45.3 Å². The first-order chi connectivity index (χ1) is 30.4. The van der Waals surface area contributed by atoms with Gasteiger partial charge in [-0.05, 0) is 122 Å². The first kappa shape index (κ1) is 66.8. The molecule has 0 heterocycles. The van der Waals surface area contributed by atoms with Gasteiger partial charge in [0, 0.05) is 23.8 Å². The highest BCUT2D eigenvalue weighted by Crippen LogP contribution is 2.44. The van der Waals surface area contributed by atoms with Crippen LogP contribution in [-0.2, 0) is 22.5 Å². The lowest BCUT2D eigenvalue weighted by atomic mass is 9.82. The molecule has 398 valence electrons. The van der Waals surface area contributed by atoms with Gasteiger partial charge in [0.1, 0.15) is 0 Å². The van der Waals surface area contributed by atoms with Crippen molar-refractivity contribution in [3.05, 3.63) is 60.8 Å². The fourth-order valence-electron chi connectivity index (χ4n) is 7.50. The minimum absolute atomic E-state index is 0.00558. The van der Waals surface area contributed by atoms with Crippen LogP contribution >= 0.6 is 0 Å². The van der Waals surface area contributed by atoms with Crippen LogP contribution < -0.4 is 0 Å². The van der Waals surface area contributed by atoms with Gasteiger partial charge in [-0.3, -0.25) is 0 Å². The van der Waals surface area contributed by atoms with E-state index in [4.69, 9.17) is 17.7 Å². The van der Waals surface area contributed by atoms with Crippen molar-refractivity contribution in [3.63, 3.8) is 0 Å². The zero-order valence-corrected chi connectivity index (χ0v) is 53.4. The molecule has 0 radical (unpaired) electrons. The average Bonchev–Trinajstić information content (AvgIpc) is 3.16. The molecule has 0 spiro atoms. The minimum Gasteiger partial charge on any atom is -0.478 e. The van der Waals surface area contributed by atoms with Crippen LogP contribution in [0.25, 0.3) is 0 Å². The number of carboxylic acid groups (broad SMARTS) is 1. The molecule has 0 amide bonds. The molecule has 0 saturated carbocycles. The number of hydrogen-bond donors (Lipinski definition) is 2. The summed E-state index contributed by atoms with van der Waals surface area (Å²) >= 11 is 0. The van der Waals surface area contributed by atoms with E-state index in [-0.39, 0.29) is 74.2 Å². The molecular formula is C57H112O7Si4. The summed E-state index contributed by atoms with van der Waals surface area (Å²) in [5.41, 5.74) is 0.303. The largest absolute Gasteiger partial charge is 0.478 e. The molecule has 0 aliphatic carbocycles. The highest BCUT2D eigenvalue weighted by atomic mass is 28.4. The van der Waals surface area contributed by atoms with Gasteiger partial charge in [-0.15, -0.1) is 0 Å². The highest BCUT2D eigenvalue weighted by molar-refractivity contribution is 6.75. The Morgan fingerprint density at radius 2 is 0.985 bits per heavy atom. The van der Waals surface area contributed by atoms with Crippen molar-refractivity contribution in [2.45, 2.75) is 260 Å². The molecule has 0 unspecified atom stereocenters. The van der Waals surface area contributed by atoms with E-state index >= 15 is 0 Å². The molecule has 0 bridgehead atoms. The van der Waals surface area contributed by atoms with Crippen LogP contribution in [0.1, 0.15) is 157 Å². The SMILES string of the molecule is C=CC=C[C@H](C)[C@H](O)[C@@H](C)[C@@H](CC[C@H](C)C[C@@H](C)[C@@H](O[Si](C)(C)C(C)(C)C)[C@@H](C)C=C[C@H](C[C@H](O[Si](C)(C)C(C)(C)C)[C@@H](C)C=CC=C(C)C(=O)O)O[Si](C)(C)C(C)(C)C)O[Si](C)(C)C(C)(C)C. The van der Waals surface area contributed by atoms with E-state index in [0.29, 0.717) is 17.9 Å². The molecule has 11 atom stereocenters. The Hall–Kier alpha value is -1.16. The Bertz CT molecular complexity index is 1650. The third kappa shape index (κ3) is 21.5. The van der Waals surface area contributed by atoms with Crippen LogP contribution in [0, 0.1) is 35.5 Å². The number of aliphatic hydroxyl groups excluding tert-OH is 1. The van der Waals surface area contributed by atoms with Crippen molar-refractivity contribution in [3.8, 4) is 0 Å². The minimum atomic E-state index is -2.24. The molecule has 0 aromatic rings. The summed E-state index contributed by atoms with van der Waals surface area (Å²) in [6.07, 6.45) is 18.8. The number of aliphatic hydroxyl groups is 1. The van der Waals surface area contributed by atoms with Crippen molar-refractivity contribution in [1.82, 2.24) is 0 Å². The summed E-state index contributed by atoms with van der Waals surface area (Å²) in [6.45, 7) is 65.3. The van der Waals surface area contributed by atoms with Crippen LogP contribution in [0.2, 0.25) is 72.5 Å². The third-order valence-corrected chi connectivity index (χ3v) is 34.8. The molecule has 0 rings (SSSR count). The van der Waals surface area contributed by atoms with Crippen molar-refractivity contribution in [1.29, 1.82) is 0 Å². The molecule has 11 heteroatoms. The maximum Gasteiger partial charge on any atom is 0.331 e. The normalized spacial score (nSPS) is 19.7. The number of rotatable bonds is 28. The molecule has 7 nitrogen and oxygen atoms in total. The summed E-state index contributed by atoms with van der Waals surface area (Å²) in [4.78, 5) is 11.6. The van der Waals surface area contributed by atoms with Crippen molar-refractivity contribution in [2.24, 2.45) is 35.5 Å². The van der Waals surface area contributed by atoms with Crippen LogP contribution in [0.3, 0.4) is 0 Å². The number of aliphatic carboxylic acids is 1. The van der Waals surface area contributed by atoms with Crippen molar-refractivity contribution in [2.75, 3.05) is 0 Å². The lowest BCUT2D eigenvalue weighted by Crippen LogP contribution is -2.48. The van der Waals surface area contributed by atoms with Gasteiger partial charge < -0.3 is 27.9 Å². The molecule has 0 saturated heterocycles. The van der Waals surface area contributed by atoms with Crippen molar-refractivity contribution < 1.29 is 32.7 Å². The van der Waals surface area contributed by atoms with Gasteiger partial charge in [0.05, 0.1) is 30.5 Å². The first-order valence-electron chi connectivity index (χ1n) is 26.3. The summed E-state index contributed by atoms with van der Waals surface area (Å²) in [5.74, 6) is -0.101. The molecule has 0 aliphatic heterocycles. The first-order valence-corrected chi connectivity index (χ1v) is 37.9. The summed E-state index contributed by atoms with van der Waals surface area (Å²) in [6, 6.07) is 0. The summed E-state index contributed by atoms with van der Waals surface area (Å²) in [5, 5.41) is 21.3. The lowest BCUT2D eigenvalue weighted by Gasteiger charge is -2.44. The predicted octanol–water partition coefficient (Wildman–Crippen LogP) is 17.2. The van der Waals surface area contributed by atoms with E-state index in [1.165, 1.54) is 0 Å². The van der Waals surface area contributed by atoms with Crippen LogP contribution in [-0.4, -0.2) is 80.0 Å². The number of hydrogen-bond acceptors (Lipinski definition) is 6. The monoisotopic (exact) mass is 1020 g/mol. The van der Waals surface area contributed by atoms with Crippen LogP contribution in [0.4, 0.5) is 0 Å². The predicted molar refractivity (Wildman–Crippen MR) is 307 cm³/mol. The third-order valence-electron chi connectivity index (χ3n) is 16.8. The molecule has 0 fully saturated rings. The molecule has 0 aliphatic rings. The summed E-state index contributed by atoms with van der Waals surface area (Å²) in [7, 11) is -8.76. The maximum absolute atomic E-state index is 11.6. The highest BCUT2D eigenvalue weighted by Gasteiger charge is 2.45. The van der Waals surface area contributed by atoms with Gasteiger partial charge >= 0.3 is 5.97 Å². The summed E-state index contributed by atoms with van der Waals surface area (Å²) < 4.78 is 29.3. The zero-order valence-electron chi connectivity index (χ0n) is 49.4. The van der Waals surface area contributed by atoms with E-state index in [9.17, 15) is 15.0 Å². The Morgan fingerprint density at radius 1 is 0.559 bits per heavy atom. The maximum atomic E-state index is 11.6. The Morgan fingerprint density at radius 3 is 1.43 bits per heavy atom. The van der Waals surface area contributed by atoms with Gasteiger partial charge in [0.15, 0.2) is 33.3 Å². The Balaban J connectivity index is 7.26. The fraction of sp³-hybridized carbons (Fsp3) is 0.807. The fourth-order valence-corrected chi connectivity index (χ4v) is 13.1. The van der Waals surface area contributed by atoms with Gasteiger partial charge in [0.25, 0.3) is 0 Å².